The van der Waals surface area contributed by atoms with Crippen molar-refractivity contribution in [2.75, 3.05) is 28.8 Å². The summed E-state index contributed by atoms with van der Waals surface area (Å²) < 4.78 is 5.79. The molecule has 0 radical (unpaired) electrons. The van der Waals surface area contributed by atoms with Crippen LogP contribution in [-0.4, -0.2) is 35.5 Å². The predicted molar refractivity (Wildman–Crippen MR) is 169 cm³/mol. The van der Waals surface area contributed by atoms with Crippen molar-refractivity contribution >= 4 is 52.5 Å². The number of fused-ring (bicyclic) bond motifs is 1. The van der Waals surface area contributed by atoms with E-state index in [1.165, 1.54) is 31.9 Å². The highest BCUT2D eigenvalue weighted by molar-refractivity contribution is 7.99. The summed E-state index contributed by atoms with van der Waals surface area (Å²) >= 11 is 3.46. The van der Waals surface area contributed by atoms with Crippen LogP contribution in [0.4, 0.5) is 17.1 Å². The van der Waals surface area contributed by atoms with Crippen LogP contribution >= 0.6 is 23.5 Å². The third-order valence-corrected chi connectivity index (χ3v) is 9.36. The Labute approximate surface area is 248 Å². The Morgan fingerprint density at radius 2 is 1.77 bits per heavy atom. The molecule has 0 fully saturated rings. The van der Waals surface area contributed by atoms with Crippen LogP contribution < -0.4 is 15.0 Å². The van der Waals surface area contributed by atoms with Crippen LogP contribution in [0.25, 0.3) is 0 Å². The van der Waals surface area contributed by atoms with E-state index in [1.807, 2.05) is 50.9 Å². The van der Waals surface area contributed by atoms with Crippen molar-refractivity contribution in [3.8, 4) is 5.75 Å². The van der Waals surface area contributed by atoms with Gasteiger partial charge in [-0.05, 0) is 60.9 Å². The Morgan fingerprint density at radius 1 is 1.12 bits per heavy atom. The lowest BCUT2D eigenvalue weighted by molar-refractivity contribution is -0.131. The number of unbranched alkanes of at least 4 members (excludes halogenated alkanes) is 2. The summed E-state index contributed by atoms with van der Waals surface area (Å²) in [6.45, 7) is 11.2. The van der Waals surface area contributed by atoms with E-state index in [0.29, 0.717) is 5.75 Å². The highest BCUT2D eigenvalue weighted by atomic mass is 32.2. The lowest BCUT2D eigenvalue weighted by atomic mass is 9.79. The van der Waals surface area contributed by atoms with Gasteiger partial charge in [-0.2, -0.15) is 0 Å². The number of nitrogens with zero attached hydrogens (tertiary/aromatic N) is 1. The average molecular weight is 585 g/mol. The summed E-state index contributed by atoms with van der Waals surface area (Å²) in [4.78, 5) is 28.1. The quantitative estimate of drug-likeness (QED) is 0.146. The fourth-order valence-electron chi connectivity index (χ4n) is 4.78. The first-order chi connectivity index (χ1) is 19.0. The van der Waals surface area contributed by atoms with Gasteiger partial charge in [-0.1, -0.05) is 60.3 Å². The Bertz CT molecular complexity index is 1180. The molecular formula is C32H44N2O4S2. The van der Waals surface area contributed by atoms with E-state index in [0.717, 1.165) is 58.1 Å². The van der Waals surface area contributed by atoms with Gasteiger partial charge in [0.15, 0.2) is 0 Å². The largest absolute Gasteiger partial charge is 0.478 e. The van der Waals surface area contributed by atoms with Gasteiger partial charge in [0.25, 0.3) is 0 Å². The highest BCUT2D eigenvalue weighted by Gasteiger charge is 2.36. The number of carbonyl (C=O) groups is 2. The van der Waals surface area contributed by atoms with Crippen LogP contribution in [0.3, 0.4) is 0 Å². The van der Waals surface area contributed by atoms with E-state index in [4.69, 9.17) is 9.84 Å². The monoisotopic (exact) mass is 584 g/mol. The zero-order valence-corrected chi connectivity index (χ0v) is 26.3. The van der Waals surface area contributed by atoms with E-state index >= 15 is 0 Å². The van der Waals surface area contributed by atoms with Crippen molar-refractivity contribution in [1.82, 2.24) is 0 Å². The zero-order chi connectivity index (χ0) is 29.3. The fraction of sp³-hybridized carbons (Fsp3) is 0.500. The highest BCUT2D eigenvalue weighted by Crippen LogP contribution is 2.50. The molecule has 0 saturated heterocycles. The molecule has 2 N–H and O–H groups in total. The summed E-state index contributed by atoms with van der Waals surface area (Å²) in [6.07, 6.45) is 11.3. The number of amides is 1. The molecule has 2 aromatic rings. The molecule has 1 heterocycles. The molecule has 0 atom stereocenters. The lowest BCUT2D eigenvalue weighted by Crippen LogP contribution is -2.36. The SMILES string of the molecule is CCCCC1(CCCC)CSc2cc(O/C=C/C(=O)O)c(SC)cc2N(c2ccc(NC(=O)C(C)(C)C)cc2)C1. The normalized spacial score (nSPS) is 15.0. The number of carboxylic acid groups (broad SMARTS) is 1. The molecule has 40 heavy (non-hydrogen) atoms. The van der Waals surface area contributed by atoms with E-state index in [2.05, 4.69) is 48.3 Å². The van der Waals surface area contributed by atoms with E-state index in [-0.39, 0.29) is 11.3 Å². The number of rotatable bonds is 12. The smallest absolute Gasteiger partial charge is 0.331 e. The van der Waals surface area contributed by atoms with Crippen molar-refractivity contribution in [2.24, 2.45) is 10.8 Å². The molecule has 1 amide bonds. The third kappa shape index (κ3) is 8.46. The Kier molecular flexibility index (Phi) is 11.5. The van der Waals surface area contributed by atoms with Gasteiger partial charge in [0, 0.05) is 34.0 Å². The minimum absolute atomic E-state index is 0.0102. The van der Waals surface area contributed by atoms with Gasteiger partial charge in [0.2, 0.25) is 5.91 Å². The second kappa shape index (κ2) is 14.4. The van der Waals surface area contributed by atoms with Gasteiger partial charge < -0.3 is 20.1 Å². The Hall–Kier alpha value is -2.58. The fourth-order valence-corrected chi connectivity index (χ4v) is 6.66. The predicted octanol–water partition coefficient (Wildman–Crippen LogP) is 8.98. The Balaban J connectivity index is 2.07. The number of ether oxygens (including phenoxy) is 1. The molecule has 0 saturated carbocycles. The molecule has 1 aliphatic rings. The van der Waals surface area contributed by atoms with Crippen molar-refractivity contribution in [2.45, 2.75) is 82.9 Å². The molecule has 1 aliphatic heterocycles. The molecule has 3 rings (SSSR count). The van der Waals surface area contributed by atoms with Gasteiger partial charge in [-0.25, -0.2) is 4.79 Å². The van der Waals surface area contributed by atoms with Crippen LogP contribution in [0.15, 0.2) is 58.5 Å². The molecule has 218 valence electrons. The number of anilines is 3. The number of carbonyl (C=O) groups excluding carboxylic acids is 1. The first-order valence-corrected chi connectivity index (χ1v) is 16.3. The number of benzene rings is 2. The molecule has 6 nitrogen and oxygen atoms in total. The van der Waals surface area contributed by atoms with Crippen molar-refractivity contribution in [3.63, 3.8) is 0 Å². The number of hydrogen-bond donors (Lipinski definition) is 2. The van der Waals surface area contributed by atoms with Crippen molar-refractivity contribution in [3.05, 3.63) is 48.7 Å². The van der Waals surface area contributed by atoms with Gasteiger partial charge in [0.05, 0.1) is 22.9 Å². The summed E-state index contributed by atoms with van der Waals surface area (Å²) in [5.41, 5.74) is 2.69. The van der Waals surface area contributed by atoms with E-state index < -0.39 is 11.4 Å². The topological polar surface area (TPSA) is 78.9 Å². The molecular weight excluding hydrogens is 540 g/mol. The maximum absolute atomic E-state index is 12.6. The minimum Gasteiger partial charge on any atom is -0.478 e. The number of thioether (sulfide) groups is 2. The maximum Gasteiger partial charge on any atom is 0.331 e. The van der Waals surface area contributed by atoms with Gasteiger partial charge in [-0.15, -0.1) is 23.5 Å². The molecule has 2 aromatic carbocycles. The molecule has 0 aromatic heterocycles. The van der Waals surface area contributed by atoms with Gasteiger partial charge in [-0.3, -0.25) is 4.79 Å². The number of carboxylic acids is 1. The van der Waals surface area contributed by atoms with Crippen molar-refractivity contribution < 1.29 is 19.4 Å². The summed E-state index contributed by atoms with van der Waals surface area (Å²) in [6, 6.07) is 12.4. The second-order valence-corrected chi connectivity index (χ2v) is 13.4. The first kappa shape index (κ1) is 31.9. The summed E-state index contributed by atoms with van der Waals surface area (Å²) in [5.74, 6) is 0.619. The molecule has 0 spiro atoms. The van der Waals surface area contributed by atoms with Crippen LogP contribution in [-0.2, 0) is 9.59 Å². The third-order valence-electron chi connectivity index (χ3n) is 7.21. The minimum atomic E-state index is -1.04. The summed E-state index contributed by atoms with van der Waals surface area (Å²) in [7, 11) is 0. The van der Waals surface area contributed by atoms with E-state index in [1.54, 1.807) is 11.8 Å². The summed E-state index contributed by atoms with van der Waals surface area (Å²) in [5, 5.41) is 12.0. The molecule has 0 aliphatic carbocycles. The van der Waals surface area contributed by atoms with Crippen molar-refractivity contribution in [1.29, 1.82) is 0 Å². The van der Waals surface area contributed by atoms with Crippen LogP contribution in [0.5, 0.6) is 5.75 Å². The standard InChI is InChI=1S/C32H44N2O4S2/c1-7-9-16-32(17-10-8-2)21-34(24-13-11-23(12-14-24)33-30(37)31(3,4)5)25-19-28(39-6)26(20-27(25)40-22-32)38-18-15-29(35)36/h11-15,18-20H,7-10,16-17,21-22H2,1-6H3,(H,33,37)(H,35,36)/b18-15+. The second-order valence-electron chi connectivity index (χ2n) is 11.6. The van der Waals surface area contributed by atoms with Crippen LogP contribution in [0.2, 0.25) is 0 Å². The molecule has 0 unspecified atom stereocenters. The van der Waals surface area contributed by atoms with Crippen LogP contribution in [0, 0.1) is 10.8 Å². The number of nitrogens with one attached hydrogen (secondary N) is 1. The lowest BCUT2D eigenvalue weighted by Gasteiger charge is -2.38. The number of aliphatic carboxylic acids is 1. The average Bonchev–Trinajstić information content (AvgIpc) is 3.07. The first-order valence-electron chi connectivity index (χ1n) is 14.1. The van der Waals surface area contributed by atoms with E-state index in [9.17, 15) is 9.59 Å². The number of hydrogen-bond acceptors (Lipinski definition) is 6. The zero-order valence-electron chi connectivity index (χ0n) is 24.7. The molecule has 8 heteroatoms. The van der Waals surface area contributed by atoms with Gasteiger partial charge >= 0.3 is 5.97 Å². The van der Waals surface area contributed by atoms with Crippen LogP contribution in [0.1, 0.15) is 73.1 Å². The molecule has 0 bridgehead atoms. The maximum atomic E-state index is 12.6. The Morgan fingerprint density at radius 3 is 2.33 bits per heavy atom. The van der Waals surface area contributed by atoms with Gasteiger partial charge in [0.1, 0.15) is 5.75 Å².